The summed E-state index contributed by atoms with van der Waals surface area (Å²) in [6.07, 6.45) is 4.60. The Labute approximate surface area is 183 Å². The van der Waals surface area contributed by atoms with Gasteiger partial charge in [0.05, 0.1) is 31.3 Å². The minimum atomic E-state index is -0.336. The van der Waals surface area contributed by atoms with E-state index in [1.165, 1.54) is 16.8 Å². The molecule has 1 spiro atoms. The summed E-state index contributed by atoms with van der Waals surface area (Å²) in [5, 5.41) is 4.74. The molecule has 3 heterocycles. The summed E-state index contributed by atoms with van der Waals surface area (Å²) in [7, 11) is 3.49. The second-order valence-electron chi connectivity index (χ2n) is 8.31. The molecule has 1 saturated heterocycles. The van der Waals surface area contributed by atoms with E-state index in [0.717, 1.165) is 43.8 Å². The molecule has 2 unspecified atom stereocenters. The van der Waals surface area contributed by atoms with Crippen molar-refractivity contribution in [3.05, 3.63) is 77.6 Å². The molecule has 6 heteroatoms. The lowest BCUT2D eigenvalue weighted by Crippen LogP contribution is -2.52. The highest BCUT2D eigenvalue weighted by molar-refractivity contribution is 5.38. The van der Waals surface area contributed by atoms with E-state index in [1.807, 2.05) is 24.4 Å². The molecular formula is C25H29N3O3. The van der Waals surface area contributed by atoms with Crippen LogP contribution in [0.2, 0.25) is 0 Å². The van der Waals surface area contributed by atoms with E-state index in [4.69, 9.17) is 19.3 Å². The SMILES string of the molecule is COc1ccc(CN2CCC3(CC2OC)OCCc2c3cnn2-c2ccccc2)cc1. The number of ether oxygens (including phenoxy) is 3. The van der Waals surface area contributed by atoms with E-state index in [2.05, 4.69) is 46.0 Å². The second-order valence-corrected chi connectivity index (χ2v) is 8.31. The monoisotopic (exact) mass is 419 g/mol. The zero-order valence-corrected chi connectivity index (χ0v) is 18.2. The number of aromatic nitrogens is 2. The Balaban J connectivity index is 1.38. The van der Waals surface area contributed by atoms with Gasteiger partial charge in [-0.2, -0.15) is 5.10 Å². The molecule has 2 aliphatic heterocycles. The van der Waals surface area contributed by atoms with Gasteiger partial charge in [-0.25, -0.2) is 4.68 Å². The Hall–Kier alpha value is -2.67. The fraction of sp³-hybridized carbons (Fsp3) is 0.400. The number of likely N-dealkylation sites (tertiary alicyclic amines) is 1. The van der Waals surface area contributed by atoms with Crippen LogP contribution in [0.1, 0.15) is 29.7 Å². The molecule has 6 nitrogen and oxygen atoms in total. The van der Waals surface area contributed by atoms with Crippen LogP contribution in [0.3, 0.4) is 0 Å². The predicted octanol–water partition coefficient (Wildman–Crippen LogP) is 3.92. The Bertz CT molecular complexity index is 1020. The van der Waals surface area contributed by atoms with Gasteiger partial charge in [0.15, 0.2) is 0 Å². The molecule has 162 valence electrons. The lowest BCUT2D eigenvalue weighted by Gasteiger charge is -2.47. The molecule has 0 radical (unpaired) electrons. The minimum Gasteiger partial charge on any atom is -0.497 e. The van der Waals surface area contributed by atoms with Crippen LogP contribution in [-0.2, 0) is 28.0 Å². The van der Waals surface area contributed by atoms with Crippen LogP contribution in [-0.4, -0.2) is 48.3 Å². The molecule has 0 aliphatic carbocycles. The van der Waals surface area contributed by atoms with E-state index in [1.54, 1.807) is 14.2 Å². The number of benzene rings is 2. The van der Waals surface area contributed by atoms with Crippen molar-refractivity contribution >= 4 is 0 Å². The van der Waals surface area contributed by atoms with Gasteiger partial charge in [0.2, 0.25) is 0 Å². The first kappa shape index (κ1) is 20.2. The molecule has 0 N–H and O–H groups in total. The molecular weight excluding hydrogens is 390 g/mol. The Kier molecular flexibility index (Phi) is 5.52. The van der Waals surface area contributed by atoms with Gasteiger partial charge in [-0.1, -0.05) is 30.3 Å². The van der Waals surface area contributed by atoms with Crippen molar-refractivity contribution < 1.29 is 14.2 Å². The Morgan fingerprint density at radius 3 is 2.65 bits per heavy atom. The van der Waals surface area contributed by atoms with Crippen molar-refractivity contribution in [1.82, 2.24) is 14.7 Å². The van der Waals surface area contributed by atoms with E-state index >= 15 is 0 Å². The smallest absolute Gasteiger partial charge is 0.118 e. The number of methoxy groups -OCH3 is 2. The number of hydrogen-bond donors (Lipinski definition) is 0. The Morgan fingerprint density at radius 1 is 1.10 bits per heavy atom. The van der Waals surface area contributed by atoms with Crippen LogP contribution < -0.4 is 4.74 Å². The quantitative estimate of drug-likeness (QED) is 0.627. The first-order chi connectivity index (χ1) is 15.2. The molecule has 2 aliphatic rings. The number of para-hydroxylation sites is 1. The molecule has 0 bridgehead atoms. The molecule has 0 amide bonds. The number of rotatable bonds is 5. The minimum absolute atomic E-state index is 0.0122. The van der Waals surface area contributed by atoms with E-state index < -0.39 is 0 Å². The van der Waals surface area contributed by atoms with Crippen LogP contribution in [0.4, 0.5) is 0 Å². The van der Waals surface area contributed by atoms with Gasteiger partial charge in [-0.15, -0.1) is 0 Å². The molecule has 0 saturated carbocycles. The van der Waals surface area contributed by atoms with Crippen molar-refractivity contribution in [2.45, 2.75) is 37.6 Å². The summed E-state index contributed by atoms with van der Waals surface area (Å²) < 4.78 is 19.8. The average Bonchev–Trinajstić information content (AvgIpc) is 3.27. The molecule has 3 aromatic rings. The van der Waals surface area contributed by atoms with Crippen molar-refractivity contribution in [3.63, 3.8) is 0 Å². The zero-order valence-electron chi connectivity index (χ0n) is 18.2. The fourth-order valence-electron chi connectivity index (χ4n) is 4.94. The maximum atomic E-state index is 6.47. The van der Waals surface area contributed by atoms with Gasteiger partial charge in [-0.3, -0.25) is 4.90 Å². The second kappa shape index (κ2) is 8.46. The highest BCUT2D eigenvalue weighted by Gasteiger charge is 2.46. The fourth-order valence-corrected chi connectivity index (χ4v) is 4.94. The van der Waals surface area contributed by atoms with Crippen LogP contribution in [0.5, 0.6) is 5.75 Å². The highest BCUT2D eigenvalue weighted by Crippen LogP contribution is 2.44. The third-order valence-corrected chi connectivity index (χ3v) is 6.61. The normalized spacial score (nSPS) is 23.6. The Morgan fingerprint density at radius 2 is 1.90 bits per heavy atom. The number of hydrogen-bond acceptors (Lipinski definition) is 5. The predicted molar refractivity (Wildman–Crippen MR) is 118 cm³/mol. The van der Waals surface area contributed by atoms with Crippen molar-refractivity contribution in [3.8, 4) is 11.4 Å². The molecule has 1 aromatic heterocycles. The lowest BCUT2D eigenvalue weighted by atomic mass is 9.81. The largest absolute Gasteiger partial charge is 0.497 e. The molecule has 2 aromatic carbocycles. The standard InChI is InChI=1S/C25H29N3O3/c1-29-21-10-8-19(9-11-21)18-27-14-13-25(16-24(27)30-2)22-17-26-28(23(22)12-15-31-25)20-6-4-3-5-7-20/h3-11,17,24H,12-16,18H2,1-2H3. The summed E-state index contributed by atoms with van der Waals surface area (Å²) in [5.74, 6) is 0.878. The summed E-state index contributed by atoms with van der Waals surface area (Å²) in [4.78, 5) is 2.40. The topological polar surface area (TPSA) is 48.8 Å². The number of nitrogens with zero attached hydrogens (tertiary/aromatic N) is 3. The first-order valence-electron chi connectivity index (χ1n) is 10.9. The van der Waals surface area contributed by atoms with Gasteiger partial charge in [0, 0.05) is 38.6 Å². The van der Waals surface area contributed by atoms with E-state index in [-0.39, 0.29) is 11.8 Å². The van der Waals surface area contributed by atoms with Gasteiger partial charge >= 0.3 is 0 Å². The third-order valence-electron chi connectivity index (χ3n) is 6.61. The third kappa shape index (κ3) is 3.76. The number of piperidine rings is 1. The molecule has 1 fully saturated rings. The van der Waals surface area contributed by atoms with Crippen LogP contribution in [0.15, 0.2) is 60.8 Å². The van der Waals surface area contributed by atoms with Gasteiger partial charge < -0.3 is 14.2 Å². The zero-order chi connectivity index (χ0) is 21.3. The van der Waals surface area contributed by atoms with Crippen LogP contribution in [0.25, 0.3) is 5.69 Å². The van der Waals surface area contributed by atoms with Crippen molar-refractivity contribution in [2.24, 2.45) is 0 Å². The molecule has 31 heavy (non-hydrogen) atoms. The van der Waals surface area contributed by atoms with E-state index in [0.29, 0.717) is 6.61 Å². The van der Waals surface area contributed by atoms with Gasteiger partial charge in [0.25, 0.3) is 0 Å². The summed E-state index contributed by atoms with van der Waals surface area (Å²) >= 11 is 0. The van der Waals surface area contributed by atoms with Crippen molar-refractivity contribution in [2.75, 3.05) is 27.4 Å². The van der Waals surface area contributed by atoms with Gasteiger partial charge in [0.1, 0.15) is 17.6 Å². The van der Waals surface area contributed by atoms with Crippen molar-refractivity contribution in [1.29, 1.82) is 0 Å². The first-order valence-corrected chi connectivity index (χ1v) is 10.9. The van der Waals surface area contributed by atoms with Crippen LogP contribution >= 0.6 is 0 Å². The summed E-state index contributed by atoms with van der Waals surface area (Å²) in [5.41, 5.74) is 4.49. The number of fused-ring (bicyclic) bond motifs is 2. The highest BCUT2D eigenvalue weighted by atomic mass is 16.5. The lowest BCUT2D eigenvalue weighted by molar-refractivity contribution is -0.169. The van der Waals surface area contributed by atoms with Gasteiger partial charge in [-0.05, 0) is 36.2 Å². The maximum absolute atomic E-state index is 6.47. The maximum Gasteiger partial charge on any atom is 0.118 e. The average molecular weight is 420 g/mol. The van der Waals surface area contributed by atoms with Crippen LogP contribution in [0, 0.1) is 0 Å². The summed E-state index contributed by atoms with van der Waals surface area (Å²) in [6, 6.07) is 18.6. The summed E-state index contributed by atoms with van der Waals surface area (Å²) in [6.45, 7) is 2.45. The molecule has 5 rings (SSSR count). The molecule has 2 atom stereocenters. The van der Waals surface area contributed by atoms with E-state index in [9.17, 15) is 0 Å².